The van der Waals surface area contributed by atoms with Gasteiger partial charge in [0.15, 0.2) is 0 Å². The van der Waals surface area contributed by atoms with E-state index in [-0.39, 0.29) is 30.1 Å². The number of hydrogen-bond acceptors (Lipinski definition) is 5. The fourth-order valence-corrected chi connectivity index (χ4v) is 3.73. The third-order valence-electron chi connectivity index (χ3n) is 5.49. The number of nitrogens with two attached hydrogens (primary N) is 1. The SMILES string of the molecule is COc1cccc(CC(=O)N2CCN(C(=O)C(N)C3CCOCC3)CC2)c1.Cl. The molecule has 1 atom stereocenters. The van der Waals surface area contributed by atoms with E-state index in [1.807, 2.05) is 29.2 Å². The monoisotopic (exact) mass is 411 g/mol. The van der Waals surface area contributed by atoms with Gasteiger partial charge in [-0.15, -0.1) is 12.4 Å². The van der Waals surface area contributed by atoms with Crippen molar-refractivity contribution in [2.75, 3.05) is 46.5 Å². The number of benzene rings is 1. The summed E-state index contributed by atoms with van der Waals surface area (Å²) < 4.78 is 10.6. The highest BCUT2D eigenvalue weighted by Crippen LogP contribution is 2.20. The Morgan fingerprint density at radius 2 is 1.82 bits per heavy atom. The third-order valence-corrected chi connectivity index (χ3v) is 5.49. The largest absolute Gasteiger partial charge is 0.497 e. The molecule has 0 radical (unpaired) electrons. The summed E-state index contributed by atoms with van der Waals surface area (Å²) in [5.41, 5.74) is 7.14. The summed E-state index contributed by atoms with van der Waals surface area (Å²) >= 11 is 0. The highest BCUT2D eigenvalue weighted by molar-refractivity contribution is 5.85. The van der Waals surface area contributed by atoms with Crippen molar-refractivity contribution in [3.8, 4) is 5.75 Å². The number of amides is 2. The molecule has 156 valence electrons. The normalized spacial score (nSPS) is 18.9. The Hall–Kier alpha value is -1.83. The topological polar surface area (TPSA) is 85.1 Å². The van der Waals surface area contributed by atoms with Gasteiger partial charge in [-0.05, 0) is 36.5 Å². The molecule has 0 aromatic heterocycles. The molecule has 2 heterocycles. The van der Waals surface area contributed by atoms with E-state index in [9.17, 15) is 9.59 Å². The van der Waals surface area contributed by atoms with Crippen molar-refractivity contribution in [2.45, 2.75) is 25.3 Å². The quantitative estimate of drug-likeness (QED) is 0.783. The van der Waals surface area contributed by atoms with Crippen molar-refractivity contribution < 1.29 is 19.1 Å². The van der Waals surface area contributed by atoms with Crippen LogP contribution in [0, 0.1) is 5.92 Å². The van der Waals surface area contributed by atoms with E-state index in [0.717, 1.165) is 24.2 Å². The predicted molar refractivity (Wildman–Crippen MR) is 109 cm³/mol. The van der Waals surface area contributed by atoms with E-state index >= 15 is 0 Å². The lowest BCUT2D eigenvalue weighted by atomic mass is 9.91. The van der Waals surface area contributed by atoms with Crippen LogP contribution in [-0.4, -0.2) is 74.2 Å². The van der Waals surface area contributed by atoms with E-state index < -0.39 is 6.04 Å². The van der Waals surface area contributed by atoms with Gasteiger partial charge in [0.1, 0.15) is 5.75 Å². The van der Waals surface area contributed by atoms with E-state index in [0.29, 0.717) is 45.8 Å². The summed E-state index contributed by atoms with van der Waals surface area (Å²) in [6, 6.07) is 7.08. The van der Waals surface area contributed by atoms with Crippen molar-refractivity contribution in [1.29, 1.82) is 0 Å². The Morgan fingerprint density at radius 3 is 2.46 bits per heavy atom. The fraction of sp³-hybridized carbons (Fsp3) is 0.600. The number of hydrogen-bond donors (Lipinski definition) is 1. The van der Waals surface area contributed by atoms with Gasteiger partial charge in [0, 0.05) is 39.4 Å². The predicted octanol–water partition coefficient (Wildman–Crippen LogP) is 1.08. The summed E-state index contributed by atoms with van der Waals surface area (Å²) in [5.74, 6) is 1.02. The first-order valence-electron chi connectivity index (χ1n) is 9.61. The smallest absolute Gasteiger partial charge is 0.239 e. The fourth-order valence-electron chi connectivity index (χ4n) is 3.73. The zero-order valence-corrected chi connectivity index (χ0v) is 17.2. The van der Waals surface area contributed by atoms with Crippen LogP contribution in [0.15, 0.2) is 24.3 Å². The van der Waals surface area contributed by atoms with Crippen LogP contribution in [0.1, 0.15) is 18.4 Å². The zero-order valence-electron chi connectivity index (χ0n) is 16.3. The number of carbonyl (C=O) groups is 2. The van der Waals surface area contributed by atoms with Gasteiger partial charge in [0.2, 0.25) is 11.8 Å². The van der Waals surface area contributed by atoms with Crippen molar-refractivity contribution in [3.63, 3.8) is 0 Å². The highest BCUT2D eigenvalue weighted by Gasteiger charge is 2.32. The Bertz CT molecular complexity index is 659. The molecule has 2 fully saturated rings. The molecule has 1 aromatic carbocycles. The van der Waals surface area contributed by atoms with Crippen LogP contribution in [0.5, 0.6) is 5.75 Å². The zero-order chi connectivity index (χ0) is 19.2. The lowest BCUT2D eigenvalue weighted by molar-refractivity contribution is -0.141. The second-order valence-corrected chi connectivity index (χ2v) is 7.21. The molecule has 7 nitrogen and oxygen atoms in total. The van der Waals surface area contributed by atoms with E-state index in [4.69, 9.17) is 15.2 Å². The molecule has 0 aliphatic carbocycles. The Balaban J connectivity index is 0.00000280. The van der Waals surface area contributed by atoms with Crippen molar-refractivity contribution in [1.82, 2.24) is 9.80 Å². The molecule has 2 N–H and O–H groups in total. The number of rotatable bonds is 5. The lowest BCUT2D eigenvalue weighted by Crippen LogP contribution is -2.56. The number of nitrogens with zero attached hydrogens (tertiary/aromatic N) is 2. The second kappa shape index (κ2) is 10.6. The van der Waals surface area contributed by atoms with Crippen LogP contribution in [0.2, 0.25) is 0 Å². The molecule has 1 unspecified atom stereocenters. The number of methoxy groups -OCH3 is 1. The van der Waals surface area contributed by atoms with Gasteiger partial charge in [0.05, 0.1) is 19.6 Å². The van der Waals surface area contributed by atoms with Crippen LogP contribution in [0.3, 0.4) is 0 Å². The van der Waals surface area contributed by atoms with Gasteiger partial charge in [-0.3, -0.25) is 9.59 Å². The molecule has 3 rings (SSSR count). The average molecular weight is 412 g/mol. The molecule has 2 amide bonds. The number of ether oxygens (including phenoxy) is 2. The average Bonchev–Trinajstić information content (AvgIpc) is 2.73. The molecular formula is C20H30ClN3O4. The maximum absolute atomic E-state index is 12.7. The molecule has 2 saturated heterocycles. The first-order chi connectivity index (χ1) is 13.1. The molecule has 2 aliphatic heterocycles. The van der Waals surface area contributed by atoms with Crippen LogP contribution in [-0.2, 0) is 20.7 Å². The van der Waals surface area contributed by atoms with E-state index in [2.05, 4.69) is 0 Å². The second-order valence-electron chi connectivity index (χ2n) is 7.21. The molecule has 0 saturated carbocycles. The van der Waals surface area contributed by atoms with Gasteiger partial charge in [-0.25, -0.2) is 0 Å². The summed E-state index contributed by atoms with van der Waals surface area (Å²) in [5, 5.41) is 0. The highest BCUT2D eigenvalue weighted by atomic mass is 35.5. The third kappa shape index (κ3) is 5.59. The van der Waals surface area contributed by atoms with Gasteiger partial charge >= 0.3 is 0 Å². The molecule has 8 heteroatoms. The molecule has 2 aliphatic rings. The molecule has 28 heavy (non-hydrogen) atoms. The maximum Gasteiger partial charge on any atom is 0.239 e. The van der Waals surface area contributed by atoms with E-state index in [1.54, 1.807) is 12.0 Å². The number of carbonyl (C=O) groups excluding carboxylic acids is 2. The number of halogens is 1. The Labute approximate surface area is 172 Å². The standard InChI is InChI=1S/C20H29N3O4.ClH/c1-26-17-4-2-3-15(13-17)14-18(24)22-7-9-23(10-8-22)20(25)19(21)16-5-11-27-12-6-16;/h2-4,13,16,19H,5-12,14,21H2,1H3;1H. The summed E-state index contributed by atoms with van der Waals surface area (Å²) in [6.07, 6.45) is 2.02. The minimum atomic E-state index is -0.465. The molecule has 1 aromatic rings. The van der Waals surface area contributed by atoms with Crippen molar-refractivity contribution in [2.24, 2.45) is 11.7 Å². The van der Waals surface area contributed by atoms with Gasteiger partial charge in [-0.1, -0.05) is 12.1 Å². The summed E-state index contributed by atoms with van der Waals surface area (Å²) in [4.78, 5) is 28.9. The Morgan fingerprint density at radius 1 is 1.18 bits per heavy atom. The van der Waals surface area contributed by atoms with Gasteiger partial charge < -0.3 is 25.0 Å². The maximum atomic E-state index is 12.7. The first-order valence-corrected chi connectivity index (χ1v) is 9.61. The van der Waals surface area contributed by atoms with Crippen molar-refractivity contribution >= 4 is 24.2 Å². The minimum absolute atomic E-state index is 0. The molecule has 0 bridgehead atoms. The summed E-state index contributed by atoms with van der Waals surface area (Å²) in [7, 11) is 1.61. The van der Waals surface area contributed by atoms with Gasteiger partial charge in [-0.2, -0.15) is 0 Å². The van der Waals surface area contributed by atoms with Crippen LogP contribution < -0.4 is 10.5 Å². The van der Waals surface area contributed by atoms with Crippen LogP contribution in [0.4, 0.5) is 0 Å². The summed E-state index contributed by atoms with van der Waals surface area (Å²) in [6.45, 7) is 3.54. The van der Waals surface area contributed by atoms with Crippen molar-refractivity contribution in [3.05, 3.63) is 29.8 Å². The van der Waals surface area contributed by atoms with E-state index in [1.165, 1.54) is 0 Å². The molecular weight excluding hydrogens is 382 g/mol. The Kier molecular flexibility index (Phi) is 8.54. The first kappa shape index (κ1) is 22.5. The minimum Gasteiger partial charge on any atom is -0.497 e. The van der Waals surface area contributed by atoms with Crippen LogP contribution >= 0.6 is 12.4 Å². The van der Waals surface area contributed by atoms with Gasteiger partial charge in [0.25, 0.3) is 0 Å². The number of piperazine rings is 1. The lowest BCUT2D eigenvalue weighted by Gasteiger charge is -2.37. The molecule has 0 spiro atoms. The van der Waals surface area contributed by atoms with Crippen LogP contribution in [0.25, 0.3) is 0 Å².